The summed E-state index contributed by atoms with van der Waals surface area (Å²) >= 11 is 0. The zero-order chi connectivity index (χ0) is 13.0. The molecular weight excluding hydrogens is 230 g/mol. The summed E-state index contributed by atoms with van der Waals surface area (Å²) in [5, 5.41) is 3.09. The van der Waals surface area contributed by atoms with Crippen LogP contribution in [0.1, 0.15) is 6.92 Å². The Morgan fingerprint density at radius 2 is 2.00 bits per heavy atom. The molecule has 0 aliphatic rings. The number of nitrogens with two attached hydrogens (primary N) is 2. The van der Waals surface area contributed by atoms with Crippen molar-refractivity contribution in [2.24, 2.45) is 0 Å². The van der Waals surface area contributed by atoms with Crippen molar-refractivity contribution in [3.63, 3.8) is 0 Å². The molecule has 5 N–H and O–H groups in total. The summed E-state index contributed by atoms with van der Waals surface area (Å²) in [6.45, 7) is 2.51. The van der Waals surface area contributed by atoms with Gasteiger partial charge < -0.3 is 21.5 Å². The Bertz CT molecular complexity index is 544. The molecule has 0 atom stereocenters. The van der Waals surface area contributed by atoms with Crippen LogP contribution in [0.2, 0.25) is 0 Å². The fourth-order valence-corrected chi connectivity index (χ4v) is 1.49. The van der Waals surface area contributed by atoms with Crippen LogP contribution in [0.3, 0.4) is 0 Å². The Morgan fingerprint density at radius 1 is 1.22 bits per heavy atom. The summed E-state index contributed by atoms with van der Waals surface area (Å²) in [5.74, 6) is 1.45. The predicted molar refractivity (Wildman–Crippen MR) is 71.8 cm³/mol. The summed E-state index contributed by atoms with van der Waals surface area (Å²) in [7, 11) is 0. The third kappa shape index (κ3) is 2.42. The van der Waals surface area contributed by atoms with Crippen LogP contribution in [0.15, 0.2) is 30.6 Å². The highest BCUT2D eigenvalue weighted by Gasteiger charge is 2.08. The Morgan fingerprint density at radius 3 is 2.78 bits per heavy atom. The van der Waals surface area contributed by atoms with Crippen LogP contribution >= 0.6 is 0 Å². The average Bonchev–Trinajstić information content (AvgIpc) is 2.37. The first-order chi connectivity index (χ1) is 8.72. The Hall–Kier alpha value is -2.50. The third-order valence-electron chi connectivity index (χ3n) is 2.35. The number of anilines is 4. The van der Waals surface area contributed by atoms with Crippen molar-refractivity contribution in [2.45, 2.75) is 6.92 Å². The van der Waals surface area contributed by atoms with E-state index in [1.807, 2.05) is 31.2 Å². The number of hydrogen-bond acceptors (Lipinski definition) is 6. The molecule has 6 heteroatoms. The highest BCUT2D eigenvalue weighted by molar-refractivity contribution is 5.77. The Balaban J connectivity index is 2.31. The second-order valence-electron chi connectivity index (χ2n) is 3.58. The maximum Gasteiger partial charge on any atom is 0.159 e. The molecule has 1 heterocycles. The first-order valence-electron chi connectivity index (χ1n) is 5.57. The zero-order valence-corrected chi connectivity index (χ0v) is 10.1. The molecule has 2 aromatic rings. The van der Waals surface area contributed by atoms with Gasteiger partial charge in [0.2, 0.25) is 0 Å². The minimum atomic E-state index is 0.251. The van der Waals surface area contributed by atoms with E-state index in [0.29, 0.717) is 18.1 Å². The number of aromatic nitrogens is 2. The molecule has 1 aromatic heterocycles. The highest BCUT2D eigenvalue weighted by Crippen LogP contribution is 2.29. The van der Waals surface area contributed by atoms with E-state index < -0.39 is 0 Å². The van der Waals surface area contributed by atoms with Gasteiger partial charge in [0.15, 0.2) is 11.6 Å². The van der Waals surface area contributed by atoms with Gasteiger partial charge in [0.25, 0.3) is 0 Å². The van der Waals surface area contributed by atoms with Crippen LogP contribution in [-0.2, 0) is 0 Å². The lowest BCUT2D eigenvalue weighted by Gasteiger charge is -2.13. The van der Waals surface area contributed by atoms with Crippen molar-refractivity contribution in [1.82, 2.24) is 9.97 Å². The maximum absolute atomic E-state index is 5.80. The molecule has 0 unspecified atom stereocenters. The number of nitrogens with one attached hydrogen (secondary N) is 1. The highest BCUT2D eigenvalue weighted by atomic mass is 16.5. The van der Waals surface area contributed by atoms with Gasteiger partial charge in [-0.2, -0.15) is 0 Å². The van der Waals surface area contributed by atoms with E-state index in [-0.39, 0.29) is 5.82 Å². The molecule has 94 valence electrons. The number of hydrogen-bond donors (Lipinski definition) is 3. The van der Waals surface area contributed by atoms with Crippen molar-refractivity contribution in [1.29, 1.82) is 0 Å². The van der Waals surface area contributed by atoms with Gasteiger partial charge in [0.05, 0.1) is 12.3 Å². The molecule has 0 bridgehead atoms. The molecule has 18 heavy (non-hydrogen) atoms. The monoisotopic (exact) mass is 245 g/mol. The molecule has 0 amide bonds. The van der Waals surface area contributed by atoms with Crippen LogP contribution in [-0.4, -0.2) is 16.6 Å². The van der Waals surface area contributed by atoms with Crippen molar-refractivity contribution in [3.8, 4) is 5.75 Å². The lowest BCUT2D eigenvalue weighted by Crippen LogP contribution is -2.05. The van der Waals surface area contributed by atoms with E-state index in [4.69, 9.17) is 16.2 Å². The van der Waals surface area contributed by atoms with Gasteiger partial charge in [0, 0.05) is 0 Å². The maximum atomic E-state index is 5.80. The lowest BCUT2D eigenvalue weighted by molar-refractivity contribution is 0.342. The third-order valence-corrected chi connectivity index (χ3v) is 2.35. The number of nitrogens with zero attached hydrogens (tertiary/aromatic N) is 2. The largest absolute Gasteiger partial charge is 0.492 e. The summed E-state index contributed by atoms with van der Waals surface area (Å²) in [6.07, 6.45) is 1.36. The Kier molecular flexibility index (Phi) is 3.47. The van der Waals surface area contributed by atoms with Crippen LogP contribution in [0, 0.1) is 0 Å². The van der Waals surface area contributed by atoms with E-state index in [0.717, 1.165) is 11.4 Å². The number of para-hydroxylation sites is 2. The van der Waals surface area contributed by atoms with Gasteiger partial charge in [-0.25, -0.2) is 9.97 Å². The molecule has 0 saturated carbocycles. The number of nitrogen functional groups attached to an aromatic ring is 2. The van der Waals surface area contributed by atoms with Crippen molar-refractivity contribution >= 4 is 23.0 Å². The average molecular weight is 245 g/mol. The fourth-order valence-electron chi connectivity index (χ4n) is 1.49. The Labute approximate surface area is 105 Å². The number of rotatable bonds is 4. The number of benzene rings is 1. The van der Waals surface area contributed by atoms with Crippen LogP contribution < -0.4 is 21.5 Å². The van der Waals surface area contributed by atoms with E-state index in [2.05, 4.69) is 15.3 Å². The van der Waals surface area contributed by atoms with E-state index in [1.54, 1.807) is 0 Å². The van der Waals surface area contributed by atoms with Crippen LogP contribution in [0.5, 0.6) is 5.75 Å². The van der Waals surface area contributed by atoms with E-state index in [9.17, 15) is 0 Å². The molecule has 0 saturated heterocycles. The number of ether oxygens (including phenoxy) is 1. The minimum Gasteiger partial charge on any atom is -0.492 e. The normalized spacial score (nSPS) is 10.1. The molecule has 0 fully saturated rings. The molecular formula is C12H15N5O. The molecule has 6 nitrogen and oxygen atoms in total. The second-order valence-corrected chi connectivity index (χ2v) is 3.58. The SMILES string of the molecule is CCOc1ccccc1Nc1ncnc(N)c1N. The topological polar surface area (TPSA) is 99.1 Å². The van der Waals surface area contributed by atoms with E-state index >= 15 is 0 Å². The van der Waals surface area contributed by atoms with Gasteiger partial charge in [0.1, 0.15) is 17.8 Å². The molecule has 0 spiro atoms. The zero-order valence-electron chi connectivity index (χ0n) is 10.1. The molecule has 1 aromatic carbocycles. The molecule has 2 rings (SSSR count). The lowest BCUT2D eigenvalue weighted by atomic mass is 10.3. The van der Waals surface area contributed by atoms with Crippen molar-refractivity contribution < 1.29 is 4.74 Å². The summed E-state index contributed by atoms with van der Waals surface area (Å²) < 4.78 is 5.50. The van der Waals surface area contributed by atoms with Crippen LogP contribution in [0.25, 0.3) is 0 Å². The molecule has 0 radical (unpaired) electrons. The summed E-state index contributed by atoms with van der Waals surface area (Å²) in [6, 6.07) is 7.54. The van der Waals surface area contributed by atoms with Gasteiger partial charge in [-0.1, -0.05) is 12.1 Å². The van der Waals surface area contributed by atoms with Crippen molar-refractivity contribution in [2.75, 3.05) is 23.4 Å². The first kappa shape index (κ1) is 12.0. The molecule has 0 aliphatic carbocycles. The molecule has 0 aliphatic heterocycles. The van der Waals surface area contributed by atoms with Gasteiger partial charge >= 0.3 is 0 Å². The summed E-state index contributed by atoms with van der Waals surface area (Å²) in [4.78, 5) is 7.86. The van der Waals surface area contributed by atoms with E-state index in [1.165, 1.54) is 6.33 Å². The minimum absolute atomic E-state index is 0.251. The summed E-state index contributed by atoms with van der Waals surface area (Å²) in [5.41, 5.74) is 12.5. The fraction of sp³-hybridized carbons (Fsp3) is 0.167. The standard InChI is InChI=1S/C12H15N5O/c1-2-18-9-6-4-3-5-8(9)17-12-10(13)11(14)15-7-16-12/h3-7H,2,13H2,1H3,(H3,14,15,16,17). The van der Waals surface area contributed by atoms with Gasteiger partial charge in [-0.05, 0) is 19.1 Å². The quantitative estimate of drug-likeness (QED) is 0.759. The van der Waals surface area contributed by atoms with Crippen LogP contribution in [0.4, 0.5) is 23.0 Å². The predicted octanol–water partition coefficient (Wildman–Crippen LogP) is 1.78. The van der Waals surface area contributed by atoms with Crippen molar-refractivity contribution in [3.05, 3.63) is 30.6 Å². The first-order valence-corrected chi connectivity index (χ1v) is 5.57. The smallest absolute Gasteiger partial charge is 0.159 e. The van der Waals surface area contributed by atoms with Gasteiger partial charge in [-0.15, -0.1) is 0 Å². The van der Waals surface area contributed by atoms with Gasteiger partial charge in [-0.3, -0.25) is 0 Å². The second kappa shape index (κ2) is 5.22.